The molecule has 208 valence electrons. The van der Waals surface area contributed by atoms with Gasteiger partial charge in [-0.05, 0) is 43.3 Å². The molecular weight excluding hydrogens is 545 g/mol. The number of para-hydroxylation sites is 1. The van der Waals surface area contributed by atoms with Gasteiger partial charge in [0.25, 0.3) is 0 Å². The highest BCUT2D eigenvalue weighted by atomic mass is 35.5. The number of nitrogens with zero attached hydrogens (tertiary/aromatic N) is 5. The van der Waals surface area contributed by atoms with Gasteiger partial charge in [0.05, 0.1) is 29.1 Å². The van der Waals surface area contributed by atoms with Crippen LogP contribution in [0.5, 0.6) is 0 Å². The van der Waals surface area contributed by atoms with Crippen molar-refractivity contribution in [2.75, 3.05) is 42.6 Å². The van der Waals surface area contributed by atoms with E-state index in [1.165, 1.54) is 12.3 Å². The first-order valence-electron chi connectivity index (χ1n) is 13.4. The van der Waals surface area contributed by atoms with Gasteiger partial charge >= 0.3 is 5.97 Å². The summed E-state index contributed by atoms with van der Waals surface area (Å²) in [4.78, 5) is 39.9. The normalized spacial score (nSPS) is 13.6. The van der Waals surface area contributed by atoms with Gasteiger partial charge in [-0.15, -0.1) is 0 Å². The molecule has 3 aromatic heterocycles. The molecule has 0 spiro atoms. The number of rotatable bonds is 6. The zero-order valence-electron chi connectivity index (χ0n) is 22.4. The lowest BCUT2D eigenvalue weighted by molar-refractivity contribution is 0.0524. The Labute approximate surface area is 240 Å². The van der Waals surface area contributed by atoms with Gasteiger partial charge in [0.2, 0.25) is 5.43 Å². The summed E-state index contributed by atoms with van der Waals surface area (Å²) >= 11 is 6.02. The molecule has 6 rings (SSSR count). The summed E-state index contributed by atoms with van der Waals surface area (Å²) in [5, 5.41) is 1.34. The average Bonchev–Trinajstić information content (AvgIpc) is 3.00. The molecule has 10 heteroatoms. The summed E-state index contributed by atoms with van der Waals surface area (Å²) in [5.74, 6) is 0.321. The van der Waals surface area contributed by atoms with Crippen LogP contribution in [-0.4, -0.2) is 53.3 Å². The standard InChI is InChI=1S/C31H27ClFN5O3/c1-2-41-31(40)23-19-38(18-21-7-5-8-24(32)28(21)33)30-22(29(23)39)11-13-27(35-30)37-16-14-36(15-17-37)26-12-10-20-6-3-4-9-25(20)34-26/h3-13,19H,2,14-18H2,1H3. The van der Waals surface area contributed by atoms with Crippen LogP contribution < -0.4 is 15.2 Å². The maximum absolute atomic E-state index is 14.8. The number of carbonyl (C=O) groups excluding carboxylic acids is 1. The first-order valence-corrected chi connectivity index (χ1v) is 13.8. The summed E-state index contributed by atoms with van der Waals surface area (Å²) in [5.41, 5.74) is 1.000. The number of piperazine rings is 1. The maximum Gasteiger partial charge on any atom is 0.343 e. The van der Waals surface area contributed by atoms with Gasteiger partial charge in [-0.3, -0.25) is 4.79 Å². The number of ether oxygens (including phenoxy) is 1. The first-order chi connectivity index (χ1) is 19.9. The van der Waals surface area contributed by atoms with E-state index in [0.29, 0.717) is 30.1 Å². The molecule has 0 saturated carbocycles. The van der Waals surface area contributed by atoms with Crippen LogP contribution in [0.3, 0.4) is 0 Å². The quantitative estimate of drug-likeness (QED) is 0.256. The van der Waals surface area contributed by atoms with Crippen LogP contribution in [0.25, 0.3) is 21.9 Å². The topological polar surface area (TPSA) is 80.6 Å². The Morgan fingerprint density at radius 1 is 0.927 bits per heavy atom. The van der Waals surface area contributed by atoms with E-state index in [0.717, 1.165) is 29.8 Å². The molecule has 1 aliphatic heterocycles. The number of hydrogen-bond donors (Lipinski definition) is 0. The van der Waals surface area contributed by atoms with Crippen molar-refractivity contribution in [2.45, 2.75) is 13.5 Å². The molecule has 1 aliphatic rings. The monoisotopic (exact) mass is 571 g/mol. The first kappa shape index (κ1) is 26.7. The van der Waals surface area contributed by atoms with Crippen molar-refractivity contribution in [1.82, 2.24) is 14.5 Å². The Bertz CT molecular complexity index is 1830. The molecule has 0 unspecified atom stereocenters. The largest absolute Gasteiger partial charge is 0.462 e. The smallest absolute Gasteiger partial charge is 0.343 e. The van der Waals surface area contributed by atoms with Crippen molar-refractivity contribution in [3.63, 3.8) is 0 Å². The Balaban J connectivity index is 1.32. The molecule has 0 amide bonds. The molecule has 0 aliphatic carbocycles. The molecule has 2 aromatic carbocycles. The Morgan fingerprint density at radius 3 is 2.39 bits per heavy atom. The SMILES string of the molecule is CCOC(=O)c1cn(Cc2cccc(Cl)c2F)c2nc(N3CCN(c4ccc5ccccc5n4)CC3)ccc2c1=O. The van der Waals surface area contributed by atoms with Crippen LogP contribution in [0.1, 0.15) is 22.8 Å². The summed E-state index contributed by atoms with van der Waals surface area (Å²) in [6.07, 6.45) is 1.39. The highest BCUT2D eigenvalue weighted by Gasteiger charge is 2.22. The predicted octanol–water partition coefficient (Wildman–Crippen LogP) is 5.29. The van der Waals surface area contributed by atoms with Crippen molar-refractivity contribution >= 4 is 51.1 Å². The van der Waals surface area contributed by atoms with Gasteiger partial charge in [0.1, 0.15) is 28.7 Å². The van der Waals surface area contributed by atoms with Crippen LogP contribution in [0.4, 0.5) is 16.0 Å². The second kappa shape index (κ2) is 11.2. The van der Waals surface area contributed by atoms with Gasteiger partial charge in [-0.1, -0.05) is 41.9 Å². The zero-order valence-corrected chi connectivity index (χ0v) is 23.1. The number of aromatic nitrogens is 3. The van der Waals surface area contributed by atoms with Gasteiger partial charge in [-0.25, -0.2) is 19.2 Å². The molecule has 41 heavy (non-hydrogen) atoms. The number of carbonyl (C=O) groups is 1. The molecular formula is C31H27ClFN5O3. The third-order valence-electron chi connectivity index (χ3n) is 7.29. The second-order valence-electron chi connectivity index (χ2n) is 9.81. The van der Waals surface area contributed by atoms with Crippen molar-refractivity contribution in [1.29, 1.82) is 0 Å². The van der Waals surface area contributed by atoms with Crippen molar-refractivity contribution in [2.24, 2.45) is 0 Å². The second-order valence-corrected chi connectivity index (χ2v) is 10.2. The lowest BCUT2D eigenvalue weighted by Gasteiger charge is -2.36. The molecule has 1 fully saturated rings. The molecule has 0 N–H and O–H groups in total. The number of halogens is 2. The average molecular weight is 572 g/mol. The minimum absolute atomic E-state index is 0.00844. The van der Waals surface area contributed by atoms with Gasteiger partial charge in [-0.2, -0.15) is 0 Å². The van der Waals surface area contributed by atoms with E-state index in [2.05, 4.69) is 15.9 Å². The number of benzene rings is 2. The molecule has 5 aromatic rings. The molecule has 1 saturated heterocycles. The predicted molar refractivity (Wildman–Crippen MR) is 159 cm³/mol. The number of hydrogen-bond acceptors (Lipinski definition) is 7. The number of fused-ring (bicyclic) bond motifs is 2. The number of anilines is 2. The maximum atomic E-state index is 14.8. The van der Waals surface area contributed by atoms with Crippen molar-refractivity contribution < 1.29 is 13.9 Å². The minimum Gasteiger partial charge on any atom is -0.462 e. The molecule has 0 radical (unpaired) electrons. The highest BCUT2D eigenvalue weighted by Crippen LogP contribution is 2.24. The molecule has 0 bridgehead atoms. The molecule has 8 nitrogen and oxygen atoms in total. The van der Waals surface area contributed by atoms with Crippen LogP contribution in [-0.2, 0) is 11.3 Å². The molecule has 4 heterocycles. The lowest BCUT2D eigenvalue weighted by atomic mass is 10.1. The van der Waals surface area contributed by atoms with Crippen molar-refractivity contribution in [3.05, 3.63) is 105 Å². The van der Waals surface area contributed by atoms with E-state index < -0.39 is 17.2 Å². The fraction of sp³-hybridized carbons (Fsp3) is 0.226. The number of esters is 1. The van der Waals surface area contributed by atoms with E-state index in [9.17, 15) is 14.0 Å². The fourth-order valence-corrected chi connectivity index (χ4v) is 5.35. The third-order valence-corrected chi connectivity index (χ3v) is 7.58. The lowest BCUT2D eigenvalue weighted by Crippen LogP contribution is -2.47. The summed E-state index contributed by atoms with van der Waals surface area (Å²) < 4.78 is 21.6. The van der Waals surface area contributed by atoms with E-state index >= 15 is 0 Å². The summed E-state index contributed by atoms with van der Waals surface area (Å²) in [6.45, 7) is 4.69. The Morgan fingerprint density at radius 2 is 1.63 bits per heavy atom. The van der Waals surface area contributed by atoms with E-state index in [1.807, 2.05) is 30.3 Å². The minimum atomic E-state index is -0.734. The van der Waals surface area contributed by atoms with Gasteiger partial charge < -0.3 is 19.1 Å². The van der Waals surface area contributed by atoms with E-state index in [-0.39, 0.29) is 29.1 Å². The molecule has 0 atom stereocenters. The summed E-state index contributed by atoms with van der Waals surface area (Å²) in [6, 6.07) is 20.4. The number of pyridine rings is 3. The van der Waals surface area contributed by atoms with E-state index in [1.54, 1.807) is 35.8 Å². The fourth-order valence-electron chi connectivity index (χ4n) is 5.16. The Kier molecular flexibility index (Phi) is 7.28. The van der Waals surface area contributed by atoms with Crippen LogP contribution in [0.15, 0.2) is 77.7 Å². The van der Waals surface area contributed by atoms with Crippen LogP contribution in [0, 0.1) is 5.82 Å². The van der Waals surface area contributed by atoms with E-state index in [4.69, 9.17) is 26.3 Å². The van der Waals surface area contributed by atoms with Crippen LogP contribution >= 0.6 is 11.6 Å². The van der Waals surface area contributed by atoms with Crippen LogP contribution in [0.2, 0.25) is 5.02 Å². The highest BCUT2D eigenvalue weighted by molar-refractivity contribution is 6.30. The Hall–Kier alpha value is -4.50. The third kappa shape index (κ3) is 5.20. The zero-order chi connectivity index (χ0) is 28.5. The van der Waals surface area contributed by atoms with Gasteiger partial charge in [0, 0.05) is 43.3 Å². The summed E-state index contributed by atoms with van der Waals surface area (Å²) in [7, 11) is 0. The van der Waals surface area contributed by atoms with Crippen molar-refractivity contribution in [3.8, 4) is 0 Å². The van der Waals surface area contributed by atoms with Gasteiger partial charge in [0.15, 0.2) is 0 Å².